The zero-order valence-electron chi connectivity index (χ0n) is 9.32. The lowest BCUT2D eigenvalue weighted by Crippen LogP contribution is -2.37. The molecule has 4 nitrogen and oxygen atoms in total. The van der Waals surface area contributed by atoms with Crippen molar-refractivity contribution in [2.45, 2.75) is 25.9 Å². The van der Waals surface area contributed by atoms with Crippen LogP contribution >= 0.6 is 0 Å². The highest BCUT2D eigenvalue weighted by Crippen LogP contribution is 2.25. The summed E-state index contributed by atoms with van der Waals surface area (Å²) in [4.78, 5) is 11.3. The number of carbonyl (C=O) groups is 1. The maximum absolute atomic E-state index is 11.3. The number of carbonyl (C=O) groups excluding carboxylic acids is 1. The summed E-state index contributed by atoms with van der Waals surface area (Å²) in [5.74, 6) is 0.832. The van der Waals surface area contributed by atoms with Crippen molar-refractivity contribution in [1.29, 1.82) is 0 Å². The molecule has 4 heteroatoms. The maximum atomic E-state index is 11.3. The molecule has 0 saturated heterocycles. The first kappa shape index (κ1) is 11.0. The van der Waals surface area contributed by atoms with Crippen LogP contribution < -0.4 is 15.8 Å². The number of amides is 1. The van der Waals surface area contributed by atoms with Crippen molar-refractivity contribution in [3.8, 4) is 5.75 Å². The van der Waals surface area contributed by atoms with Crippen LogP contribution in [0.3, 0.4) is 0 Å². The van der Waals surface area contributed by atoms with E-state index < -0.39 is 6.04 Å². The number of hydrogen-bond donors (Lipinski definition) is 2. The molecule has 0 fully saturated rings. The standard InChI is InChI=1S/C12H16N2O2/c1-8(13)12(15)14-7-9-2-3-11-10(6-9)4-5-16-11/h2-3,6,8H,4-5,7,13H2,1H3,(H,14,15). The fourth-order valence-corrected chi connectivity index (χ4v) is 1.70. The Morgan fingerprint density at radius 1 is 1.62 bits per heavy atom. The number of ether oxygens (including phenoxy) is 1. The molecule has 0 aromatic heterocycles. The maximum Gasteiger partial charge on any atom is 0.236 e. The quantitative estimate of drug-likeness (QED) is 0.783. The highest BCUT2D eigenvalue weighted by Gasteiger charge is 2.12. The van der Waals surface area contributed by atoms with Crippen molar-refractivity contribution in [2.24, 2.45) is 5.73 Å². The number of hydrogen-bond acceptors (Lipinski definition) is 3. The summed E-state index contributed by atoms with van der Waals surface area (Å²) in [6, 6.07) is 5.53. The van der Waals surface area contributed by atoms with E-state index in [1.807, 2.05) is 12.1 Å². The average molecular weight is 220 g/mol. The summed E-state index contributed by atoms with van der Waals surface area (Å²) in [5, 5.41) is 2.78. The van der Waals surface area contributed by atoms with Crippen molar-refractivity contribution < 1.29 is 9.53 Å². The Kier molecular flexibility index (Phi) is 3.10. The van der Waals surface area contributed by atoms with Crippen LogP contribution in [0.2, 0.25) is 0 Å². The minimum atomic E-state index is -0.460. The summed E-state index contributed by atoms with van der Waals surface area (Å²) in [6.07, 6.45) is 0.949. The Bertz CT molecular complexity index is 402. The van der Waals surface area contributed by atoms with Crippen LogP contribution in [-0.4, -0.2) is 18.6 Å². The van der Waals surface area contributed by atoms with Crippen molar-refractivity contribution in [3.63, 3.8) is 0 Å². The van der Waals surface area contributed by atoms with E-state index >= 15 is 0 Å². The summed E-state index contributed by atoms with van der Waals surface area (Å²) >= 11 is 0. The molecule has 1 amide bonds. The fraction of sp³-hybridized carbons (Fsp3) is 0.417. The molecular weight excluding hydrogens is 204 g/mol. The lowest BCUT2D eigenvalue weighted by Gasteiger charge is -2.08. The molecule has 0 spiro atoms. The van der Waals surface area contributed by atoms with Crippen molar-refractivity contribution >= 4 is 5.91 Å². The zero-order chi connectivity index (χ0) is 11.5. The Balaban J connectivity index is 1.98. The summed E-state index contributed by atoms with van der Waals surface area (Å²) in [7, 11) is 0. The lowest BCUT2D eigenvalue weighted by atomic mass is 10.1. The third-order valence-corrected chi connectivity index (χ3v) is 2.63. The molecule has 0 radical (unpaired) electrons. The van der Waals surface area contributed by atoms with Crippen LogP contribution in [0.4, 0.5) is 0 Å². The number of nitrogens with two attached hydrogens (primary N) is 1. The van der Waals surface area contributed by atoms with Crippen LogP contribution in [-0.2, 0) is 17.8 Å². The Labute approximate surface area is 94.8 Å². The smallest absolute Gasteiger partial charge is 0.236 e. The van der Waals surface area contributed by atoms with Gasteiger partial charge >= 0.3 is 0 Å². The van der Waals surface area contributed by atoms with Crippen molar-refractivity contribution in [2.75, 3.05) is 6.61 Å². The highest BCUT2D eigenvalue weighted by molar-refractivity contribution is 5.80. The average Bonchev–Trinajstić information content (AvgIpc) is 2.72. The largest absolute Gasteiger partial charge is 0.493 e. The zero-order valence-corrected chi connectivity index (χ0v) is 9.32. The lowest BCUT2D eigenvalue weighted by molar-refractivity contribution is -0.122. The van der Waals surface area contributed by atoms with E-state index in [0.29, 0.717) is 6.54 Å². The second-order valence-electron chi connectivity index (χ2n) is 4.05. The van der Waals surface area contributed by atoms with Crippen LogP contribution in [0.1, 0.15) is 18.1 Å². The van der Waals surface area contributed by atoms with Crippen molar-refractivity contribution in [3.05, 3.63) is 29.3 Å². The van der Waals surface area contributed by atoms with Gasteiger partial charge in [0.25, 0.3) is 0 Å². The summed E-state index contributed by atoms with van der Waals surface area (Å²) < 4.78 is 5.41. The summed E-state index contributed by atoms with van der Waals surface area (Å²) in [6.45, 7) is 2.95. The van der Waals surface area contributed by atoms with Gasteiger partial charge in [-0.1, -0.05) is 12.1 Å². The van der Waals surface area contributed by atoms with Crippen molar-refractivity contribution in [1.82, 2.24) is 5.32 Å². The number of fused-ring (bicyclic) bond motifs is 1. The molecule has 1 aromatic carbocycles. The van der Waals surface area contributed by atoms with E-state index in [-0.39, 0.29) is 5.91 Å². The summed E-state index contributed by atoms with van der Waals surface area (Å²) in [5.41, 5.74) is 7.76. The molecule has 86 valence electrons. The van der Waals surface area contributed by atoms with Crippen LogP contribution in [0.15, 0.2) is 18.2 Å². The third kappa shape index (κ3) is 2.33. The van der Waals surface area contributed by atoms with Gasteiger partial charge < -0.3 is 15.8 Å². The van der Waals surface area contributed by atoms with E-state index in [2.05, 4.69) is 11.4 Å². The Morgan fingerprint density at radius 3 is 3.19 bits per heavy atom. The fourth-order valence-electron chi connectivity index (χ4n) is 1.70. The van der Waals surface area contributed by atoms with Gasteiger partial charge in [0.15, 0.2) is 0 Å². The van der Waals surface area contributed by atoms with Gasteiger partial charge in [-0.25, -0.2) is 0 Å². The third-order valence-electron chi connectivity index (χ3n) is 2.63. The molecule has 2 rings (SSSR count). The van der Waals surface area contributed by atoms with Gasteiger partial charge in [0.2, 0.25) is 5.91 Å². The monoisotopic (exact) mass is 220 g/mol. The molecule has 16 heavy (non-hydrogen) atoms. The number of nitrogens with one attached hydrogen (secondary N) is 1. The Morgan fingerprint density at radius 2 is 2.44 bits per heavy atom. The molecule has 1 aromatic rings. The van der Waals surface area contributed by atoms with Gasteiger partial charge in [0.1, 0.15) is 5.75 Å². The molecular formula is C12H16N2O2. The predicted octanol–water partition coefficient (Wildman–Crippen LogP) is 0.585. The second-order valence-corrected chi connectivity index (χ2v) is 4.05. The SMILES string of the molecule is CC(N)C(=O)NCc1ccc2c(c1)CCO2. The highest BCUT2D eigenvalue weighted by atomic mass is 16.5. The predicted molar refractivity (Wildman–Crippen MR) is 61.1 cm³/mol. The van der Waals surface area contributed by atoms with Gasteiger partial charge in [-0.05, 0) is 24.1 Å². The number of rotatable bonds is 3. The van der Waals surface area contributed by atoms with Gasteiger partial charge in [0.05, 0.1) is 12.6 Å². The minimum absolute atomic E-state index is 0.128. The first-order valence-corrected chi connectivity index (χ1v) is 5.44. The van der Waals surface area contributed by atoms with E-state index in [0.717, 1.165) is 24.3 Å². The molecule has 1 aliphatic rings. The van der Waals surface area contributed by atoms with Gasteiger partial charge in [-0.15, -0.1) is 0 Å². The Hall–Kier alpha value is -1.55. The topological polar surface area (TPSA) is 64.4 Å². The number of benzene rings is 1. The molecule has 0 aliphatic carbocycles. The first-order valence-electron chi connectivity index (χ1n) is 5.44. The molecule has 0 bridgehead atoms. The normalized spacial score (nSPS) is 15.1. The molecule has 1 atom stereocenters. The molecule has 1 heterocycles. The van der Waals surface area contributed by atoms with E-state index in [1.54, 1.807) is 6.92 Å². The molecule has 0 saturated carbocycles. The molecule has 1 unspecified atom stereocenters. The van der Waals surface area contributed by atoms with Gasteiger partial charge in [-0.3, -0.25) is 4.79 Å². The van der Waals surface area contributed by atoms with E-state index in [4.69, 9.17) is 10.5 Å². The second kappa shape index (κ2) is 4.53. The van der Waals surface area contributed by atoms with Gasteiger partial charge in [-0.2, -0.15) is 0 Å². The van der Waals surface area contributed by atoms with Crippen LogP contribution in [0.5, 0.6) is 5.75 Å². The molecule has 1 aliphatic heterocycles. The van der Waals surface area contributed by atoms with E-state index in [9.17, 15) is 4.79 Å². The van der Waals surface area contributed by atoms with Crippen LogP contribution in [0.25, 0.3) is 0 Å². The molecule has 3 N–H and O–H groups in total. The first-order chi connectivity index (χ1) is 7.66. The van der Waals surface area contributed by atoms with Crippen LogP contribution in [0, 0.1) is 0 Å². The van der Waals surface area contributed by atoms with E-state index in [1.165, 1.54) is 5.56 Å². The minimum Gasteiger partial charge on any atom is -0.493 e. The van der Waals surface area contributed by atoms with Gasteiger partial charge in [0, 0.05) is 13.0 Å².